The van der Waals surface area contributed by atoms with Crippen molar-refractivity contribution in [2.45, 2.75) is 32.4 Å². The van der Waals surface area contributed by atoms with Gasteiger partial charge in [0.15, 0.2) is 5.96 Å². The molecule has 1 atom stereocenters. The van der Waals surface area contributed by atoms with E-state index in [1.54, 1.807) is 32.4 Å². The smallest absolute Gasteiger partial charge is 0.222 e. The molecular weight excluding hydrogens is 308 g/mol. The van der Waals surface area contributed by atoms with Crippen LogP contribution in [0.3, 0.4) is 0 Å². The maximum atomic E-state index is 11.7. The fourth-order valence-corrected chi connectivity index (χ4v) is 2.73. The number of hydrogen-bond acceptors (Lipinski definition) is 4. The molecule has 0 radical (unpaired) electrons. The van der Waals surface area contributed by atoms with Gasteiger partial charge in [-0.3, -0.25) is 9.79 Å². The molecule has 1 unspecified atom stereocenters. The van der Waals surface area contributed by atoms with Crippen LogP contribution in [0.1, 0.15) is 25.3 Å². The Hall–Kier alpha value is -2.44. The van der Waals surface area contributed by atoms with Crippen molar-refractivity contribution in [3.63, 3.8) is 0 Å². The quantitative estimate of drug-likeness (QED) is 0.554. The number of aromatic hydroxyl groups is 1. The number of hydrogen-bond donors (Lipinski definition) is 3. The molecule has 1 aliphatic heterocycles. The standard InChI is InChI=1S/C17H26N4O3/c1-4-16(23)21-8-7-13(11-21)20-17(18-2)19-10-12-9-14(24-3)5-6-15(12)22/h5-6,9,13,22H,4,7-8,10-11H2,1-3H3,(H2,18,19,20). The summed E-state index contributed by atoms with van der Waals surface area (Å²) in [7, 11) is 3.29. The average Bonchev–Trinajstić information content (AvgIpc) is 3.07. The molecule has 1 aliphatic rings. The molecule has 1 amide bonds. The van der Waals surface area contributed by atoms with Crippen molar-refractivity contribution >= 4 is 11.9 Å². The number of benzene rings is 1. The highest BCUT2D eigenvalue weighted by molar-refractivity contribution is 5.80. The number of ether oxygens (including phenoxy) is 1. The number of guanidine groups is 1. The minimum atomic E-state index is 0.184. The number of nitrogens with zero attached hydrogens (tertiary/aromatic N) is 2. The van der Waals surface area contributed by atoms with Crippen LogP contribution in [0.5, 0.6) is 11.5 Å². The van der Waals surface area contributed by atoms with Gasteiger partial charge < -0.3 is 25.4 Å². The van der Waals surface area contributed by atoms with Gasteiger partial charge in [0.05, 0.1) is 7.11 Å². The molecule has 0 aromatic heterocycles. The van der Waals surface area contributed by atoms with Gasteiger partial charge in [0.1, 0.15) is 11.5 Å². The van der Waals surface area contributed by atoms with Crippen LogP contribution in [0.4, 0.5) is 0 Å². The number of aliphatic imine (C=N–C) groups is 1. The van der Waals surface area contributed by atoms with E-state index in [-0.39, 0.29) is 17.7 Å². The summed E-state index contributed by atoms with van der Waals surface area (Å²) in [6.07, 6.45) is 1.44. The van der Waals surface area contributed by atoms with Crippen LogP contribution in [0.25, 0.3) is 0 Å². The monoisotopic (exact) mass is 334 g/mol. The lowest BCUT2D eigenvalue weighted by atomic mass is 10.2. The number of phenolic OH excluding ortho intramolecular Hbond substituents is 1. The number of rotatable bonds is 5. The molecule has 0 spiro atoms. The van der Waals surface area contributed by atoms with Crippen molar-refractivity contribution in [3.8, 4) is 11.5 Å². The number of nitrogens with one attached hydrogen (secondary N) is 2. The predicted molar refractivity (Wildman–Crippen MR) is 93.3 cm³/mol. The second-order valence-corrected chi connectivity index (χ2v) is 5.74. The van der Waals surface area contributed by atoms with Gasteiger partial charge in [-0.05, 0) is 24.6 Å². The molecule has 1 aromatic carbocycles. The molecule has 1 fully saturated rings. The number of phenols is 1. The van der Waals surface area contributed by atoms with E-state index in [1.807, 2.05) is 11.8 Å². The van der Waals surface area contributed by atoms with E-state index in [0.29, 0.717) is 31.2 Å². The van der Waals surface area contributed by atoms with Crippen molar-refractivity contribution < 1.29 is 14.6 Å². The SMILES string of the molecule is CCC(=O)N1CCC(NC(=NC)NCc2cc(OC)ccc2O)C1. The van der Waals surface area contributed by atoms with Crippen LogP contribution in [-0.2, 0) is 11.3 Å². The van der Waals surface area contributed by atoms with Gasteiger partial charge >= 0.3 is 0 Å². The van der Waals surface area contributed by atoms with Gasteiger partial charge in [-0.1, -0.05) is 6.92 Å². The zero-order chi connectivity index (χ0) is 17.5. The normalized spacial score (nSPS) is 17.7. The summed E-state index contributed by atoms with van der Waals surface area (Å²) < 4.78 is 5.17. The van der Waals surface area contributed by atoms with Crippen molar-refractivity contribution in [2.24, 2.45) is 4.99 Å². The third-order valence-electron chi connectivity index (χ3n) is 4.14. The third-order valence-corrected chi connectivity index (χ3v) is 4.14. The second-order valence-electron chi connectivity index (χ2n) is 5.74. The molecule has 0 aliphatic carbocycles. The van der Waals surface area contributed by atoms with Gasteiger partial charge in [0, 0.05) is 44.7 Å². The predicted octanol–water partition coefficient (Wildman–Crippen LogP) is 1.08. The summed E-state index contributed by atoms with van der Waals surface area (Å²) in [5.74, 6) is 1.73. The Morgan fingerprint density at radius 1 is 1.50 bits per heavy atom. The Morgan fingerprint density at radius 3 is 2.96 bits per heavy atom. The first kappa shape index (κ1) is 17.9. The highest BCUT2D eigenvalue weighted by Crippen LogP contribution is 2.22. The molecule has 0 bridgehead atoms. The molecule has 3 N–H and O–H groups in total. The summed E-state index contributed by atoms with van der Waals surface area (Å²) >= 11 is 0. The Bertz CT molecular complexity index is 603. The summed E-state index contributed by atoms with van der Waals surface area (Å²) in [5, 5.41) is 16.4. The van der Waals surface area contributed by atoms with Crippen molar-refractivity contribution in [1.29, 1.82) is 0 Å². The first-order chi connectivity index (χ1) is 11.6. The fraction of sp³-hybridized carbons (Fsp3) is 0.529. The Morgan fingerprint density at radius 2 is 2.29 bits per heavy atom. The van der Waals surface area contributed by atoms with Crippen LogP contribution >= 0.6 is 0 Å². The molecule has 24 heavy (non-hydrogen) atoms. The molecule has 7 heteroatoms. The Labute approximate surface area is 142 Å². The van der Waals surface area contributed by atoms with Crippen LogP contribution in [-0.4, -0.2) is 55.2 Å². The number of methoxy groups -OCH3 is 1. The highest BCUT2D eigenvalue weighted by Gasteiger charge is 2.25. The van der Waals surface area contributed by atoms with Gasteiger partial charge in [0.2, 0.25) is 5.91 Å². The van der Waals surface area contributed by atoms with E-state index in [4.69, 9.17) is 4.74 Å². The maximum absolute atomic E-state index is 11.7. The first-order valence-electron chi connectivity index (χ1n) is 8.18. The van der Waals surface area contributed by atoms with E-state index in [9.17, 15) is 9.90 Å². The van der Waals surface area contributed by atoms with Gasteiger partial charge in [-0.2, -0.15) is 0 Å². The van der Waals surface area contributed by atoms with Crippen LogP contribution in [0, 0.1) is 0 Å². The van der Waals surface area contributed by atoms with Gasteiger partial charge in [-0.25, -0.2) is 0 Å². The number of carbonyl (C=O) groups is 1. The maximum Gasteiger partial charge on any atom is 0.222 e. The molecule has 0 saturated carbocycles. The number of carbonyl (C=O) groups excluding carboxylic acids is 1. The number of likely N-dealkylation sites (tertiary alicyclic amines) is 1. The fourth-order valence-electron chi connectivity index (χ4n) is 2.73. The van der Waals surface area contributed by atoms with Gasteiger partial charge in [-0.15, -0.1) is 0 Å². The van der Waals surface area contributed by atoms with E-state index < -0.39 is 0 Å². The molecule has 132 valence electrons. The zero-order valence-corrected chi connectivity index (χ0v) is 14.5. The lowest BCUT2D eigenvalue weighted by Gasteiger charge is -2.19. The van der Waals surface area contributed by atoms with Crippen molar-refractivity contribution in [2.75, 3.05) is 27.2 Å². The molecule has 1 aromatic rings. The van der Waals surface area contributed by atoms with E-state index >= 15 is 0 Å². The van der Waals surface area contributed by atoms with E-state index in [0.717, 1.165) is 18.5 Å². The molecule has 2 rings (SSSR count). The molecule has 1 heterocycles. The lowest BCUT2D eigenvalue weighted by molar-refractivity contribution is -0.129. The van der Waals surface area contributed by atoms with Crippen molar-refractivity contribution in [3.05, 3.63) is 23.8 Å². The summed E-state index contributed by atoms with van der Waals surface area (Å²) in [4.78, 5) is 17.8. The van der Waals surface area contributed by atoms with Crippen LogP contribution in [0.15, 0.2) is 23.2 Å². The third kappa shape index (κ3) is 4.53. The molecule has 1 saturated heterocycles. The largest absolute Gasteiger partial charge is 0.508 e. The minimum absolute atomic E-state index is 0.184. The second kappa shape index (κ2) is 8.42. The van der Waals surface area contributed by atoms with Crippen LogP contribution in [0.2, 0.25) is 0 Å². The van der Waals surface area contributed by atoms with Gasteiger partial charge in [0.25, 0.3) is 0 Å². The van der Waals surface area contributed by atoms with E-state index in [2.05, 4.69) is 15.6 Å². The van der Waals surface area contributed by atoms with E-state index in [1.165, 1.54) is 0 Å². The lowest BCUT2D eigenvalue weighted by Crippen LogP contribution is -2.44. The number of amides is 1. The highest BCUT2D eigenvalue weighted by atomic mass is 16.5. The molecular formula is C17H26N4O3. The molecule has 7 nitrogen and oxygen atoms in total. The van der Waals surface area contributed by atoms with Crippen molar-refractivity contribution in [1.82, 2.24) is 15.5 Å². The van der Waals surface area contributed by atoms with Crippen LogP contribution < -0.4 is 15.4 Å². The first-order valence-corrected chi connectivity index (χ1v) is 8.18. The zero-order valence-electron chi connectivity index (χ0n) is 14.5. The minimum Gasteiger partial charge on any atom is -0.508 e. The Kier molecular flexibility index (Phi) is 6.28. The average molecular weight is 334 g/mol. The topological polar surface area (TPSA) is 86.2 Å². The summed E-state index contributed by atoms with van der Waals surface area (Å²) in [6, 6.07) is 5.29. The Balaban J connectivity index is 1.89. The summed E-state index contributed by atoms with van der Waals surface area (Å²) in [6.45, 7) is 3.77. The summed E-state index contributed by atoms with van der Waals surface area (Å²) in [5.41, 5.74) is 0.728.